The number of amides is 2. The second-order valence-corrected chi connectivity index (χ2v) is 16.2. The van der Waals surface area contributed by atoms with E-state index < -0.39 is 0 Å². The largest absolute Gasteiger partial charge is 0.489 e. The van der Waals surface area contributed by atoms with E-state index in [0.29, 0.717) is 72.3 Å². The zero-order chi connectivity index (χ0) is 43.2. The molecule has 2 amide bonds. The lowest BCUT2D eigenvalue weighted by Gasteiger charge is -2.19. The predicted octanol–water partition coefficient (Wildman–Crippen LogP) is 6.46. The fraction of sp³-hybridized carbons (Fsp3) is 0.292. The number of carbonyl (C=O) groups excluding carboxylic acids is 2. The molecule has 14 heteroatoms. The van der Waals surface area contributed by atoms with Crippen LogP contribution in [0.2, 0.25) is 5.02 Å². The Labute approximate surface area is 364 Å². The molecule has 2 fully saturated rings. The second kappa shape index (κ2) is 19.0. The van der Waals surface area contributed by atoms with E-state index in [1.165, 1.54) is 6.20 Å². The summed E-state index contributed by atoms with van der Waals surface area (Å²) in [5, 5.41) is 22.5. The quantitative estimate of drug-likeness (QED) is 0.0848. The summed E-state index contributed by atoms with van der Waals surface area (Å²) in [6.45, 7) is 6.57. The van der Waals surface area contributed by atoms with Crippen molar-refractivity contribution in [1.82, 2.24) is 35.6 Å². The average molecular weight is 851 g/mol. The smallest absolute Gasteiger partial charge is 0.262 e. The summed E-state index contributed by atoms with van der Waals surface area (Å²) >= 11 is 6.91. The number of hydrogen-bond donors (Lipinski definition) is 4. The minimum atomic E-state index is -0.132. The van der Waals surface area contributed by atoms with E-state index in [4.69, 9.17) is 21.1 Å². The van der Waals surface area contributed by atoms with Crippen LogP contribution in [0.15, 0.2) is 96.3 Å². The van der Waals surface area contributed by atoms with Crippen LogP contribution in [0, 0.1) is 25.2 Å². The first-order chi connectivity index (χ1) is 30.1. The van der Waals surface area contributed by atoms with Gasteiger partial charge in [-0.15, -0.1) is 0 Å². The van der Waals surface area contributed by atoms with E-state index in [1.54, 1.807) is 29.1 Å². The van der Waals surface area contributed by atoms with Crippen molar-refractivity contribution < 1.29 is 19.1 Å². The molecule has 13 nitrogen and oxygen atoms in total. The Bertz CT molecular complexity index is 2770. The zero-order valence-corrected chi connectivity index (χ0v) is 35.4. The van der Waals surface area contributed by atoms with Crippen LogP contribution < -0.4 is 36.3 Å². The summed E-state index contributed by atoms with van der Waals surface area (Å²) in [6.07, 6.45) is 9.24. The van der Waals surface area contributed by atoms with Gasteiger partial charge in [0.05, 0.1) is 5.56 Å². The van der Waals surface area contributed by atoms with Gasteiger partial charge < -0.3 is 30.7 Å². The lowest BCUT2D eigenvalue weighted by atomic mass is 9.91. The molecule has 3 aromatic heterocycles. The van der Waals surface area contributed by atoms with Crippen molar-refractivity contribution in [2.45, 2.75) is 77.9 Å². The number of carbonyl (C=O) groups is 2. The highest BCUT2D eigenvalue weighted by Gasteiger charge is 2.22. The second-order valence-electron chi connectivity index (χ2n) is 15.8. The van der Waals surface area contributed by atoms with Crippen molar-refractivity contribution in [3.63, 3.8) is 0 Å². The number of halogens is 1. The Morgan fingerprint density at radius 2 is 1.45 bits per heavy atom. The van der Waals surface area contributed by atoms with Crippen molar-refractivity contribution in [3.05, 3.63) is 146 Å². The Morgan fingerprint density at radius 1 is 0.774 bits per heavy atom. The van der Waals surface area contributed by atoms with Crippen LogP contribution in [0.3, 0.4) is 0 Å². The summed E-state index contributed by atoms with van der Waals surface area (Å²) in [4.78, 5) is 45.4. The maximum absolute atomic E-state index is 13.4. The van der Waals surface area contributed by atoms with Crippen LogP contribution in [0.5, 0.6) is 11.5 Å². The minimum Gasteiger partial charge on any atom is -0.489 e. The number of ether oxygens (including phenoxy) is 2. The lowest BCUT2D eigenvalue weighted by Crippen LogP contribution is -2.36. The number of hydrogen-bond acceptors (Lipinski definition) is 10. The third-order valence-electron chi connectivity index (χ3n) is 11.5. The summed E-state index contributed by atoms with van der Waals surface area (Å²) in [5.74, 6) is 1.46. The number of rotatable bonds is 16. The summed E-state index contributed by atoms with van der Waals surface area (Å²) in [6, 6.07) is 23.9. The SMILES string of the molecule is Cc1c(OCc2cc(OCc3cncc(C#N)c3)c(CNC[C@H]3CCC(=O)N3)cc2Cl)cccc1-c1cccc(-c2ccn3c(=O)c(CNC[C@H]4CCC(=O)N4)cnc3c2)c1C. The fourth-order valence-electron chi connectivity index (χ4n) is 8.09. The van der Waals surface area contributed by atoms with Gasteiger partial charge in [-0.2, -0.15) is 5.26 Å². The Kier molecular flexibility index (Phi) is 12.9. The fourth-order valence-corrected chi connectivity index (χ4v) is 8.33. The molecule has 0 radical (unpaired) electrons. The maximum atomic E-state index is 13.4. The first-order valence-corrected chi connectivity index (χ1v) is 21.1. The molecule has 0 spiro atoms. The van der Waals surface area contributed by atoms with Crippen LogP contribution in [-0.2, 0) is 35.9 Å². The first-order valence-electron chi connectivity index (χ1n) is 20.7. The van der Waals surface area contributed by atoms with Gasteiger partial charge in [-0.05, 0) is 96.5 Å². The van der Waals surface area contributed by atoms with E-state index in [2.05, 4.69) is 62.4 Å². The lowest BCUT2D eigenvalue weighted by molar-refractivity contribution is -0.120. The van der Waals surface area contributed by atoms with Crippen LogP contribution >= 0.6 is 11.6 Å². The number of benzene rings is 3. The number of fused-ring (bicyclic) bond motifs is 1. The molecule has 62 heavy (non-hydrogen) atoms. The summed E-state index contributed by atoms with van der Waals surface area (Å²) in [5.41, 5.74) is 9.84. The van der Waals surface area contributed by atoms with Gasteiger partial charge in [-0.1, -0.05) is 41.9 Å². The van der Waals surface area contributed by atoms with Gasteiger partial charge in [0.15, 0.2) is 0 Å². The van der Waals surface area contributed by atoms with E-state index in [0.717, 1.165) is 62.9 Å². The highest BCUT2D eigenvalue weighted by molar-refractivity contribution is 6.31. The third-order valence-corrected chi connectivity index (χ3v) is 11.9. The summed E-state index contributed by atoms with van der Waals surface area (Å²) < 4.78 is 14.4. The molecule has 2 atom stereocenters. The predicted molar refractivity (Wildman–Crippen MR) is 237 cm³/mol. The molecule has 0 bridgehead atoms. The number of nitrogens with zero attached hydrogens (tertiary/aromatic N) is 4. The molecular formula is C48H47ClN8O5. The molecule has 0 aliphatic carbocycles. The zero-order valence-electron chi connectivity index (χ0n) is 34.6. The molecule has 2 aliphatic heterocycles. The van der Waals surface area contributed by atoms with Gasteiger partial charge in [-0.3, -0.25) is 23.8 Å². The molecular weight excluding hydrogens is 804 g/mol. The van der Waals surface area contributed by atoms with Crippen molar-refractivity contribution in [1.29, 1.82) is 5.26 Å². The highest BCUT2D eigenvalue weighted by Crippen LogP contribution is 2.37. The van der Waals surface area contributed by atoms with Gasteiger partial charge in [0.2, 0.25) is 11.8 Å². The molecule has 4 N–H and O–H groups in total. The molecule has 3 aromatic carbocycles. The van der Waals surface area contributed by atoms with E-state index in [9.17, 15) is 19.6 Å². The summed E-state index contributed by atoms with van der Waals surface area (Å²) in [7, 11) is 0. The monoisotopic (exact) mass is 850 g/mol. The topological polar surface area (TPSA) is 172 Å². The van der Waals surface area contributed by atoms with Crippen LogP contribution in [-0.4, -0.2) is 51.4 Å². The van der Waals surface area contributed by atoms with Crippen LogP contribution in [0.4, 0.5) is 0 Å². The van der Waals surface area contributed by atoms with E-state index >= 15 is 0 Å². The third kappa shape index (κ3) is 9.63. The molecule has 6 aromatic rings. The average Bonchev–Trinajstić information content (AvgIpc) is 3.90. The number of nitrogens with one attached hydrogen (secondary N) is 4. The van der Waals surface area contributed by atoms with Crippen LogP contribution in [0.25, 0.3) is 27.9 Å². The minimum absolute atomic E-state index is 0.0646. The van der Waals surface area contributed by atoms with Crippen molar-refractivity contribution in [2.24, 2.45) is 0 Å². The molecule has 2 saturated heterocycles. The molecule has 316 valence electrons. The standard InChI is InChI=1S/C48H47ClN8O5/c1-29-39(33-13-14-57-45(18-33)54-24-36(48(57)60)23-53-26-38-10-12-47(59)56-38)5-3-6-40(29)41-7-4-8-43(30(41)2)62-28-35-17-44(61-27-32-15-31(19-50)20-51-21-32)34(16-42(35)49)22-52-25-37-9-11-46(58)55-37/h3-8,13-18,20-21,24,37-38,52-53H,9-12,22-23,25-28H2,1-2H3,(H,55,58)(H,56,59)/t37-,38-/m1/s1. The van der Waals surface area contributed by atoms with Gasteiger partial charge in [-0.25, -0.2) is 4.98 Å². The first kappa shape index (κ1) is 42.1. The van der Waals surface area contributed by atoms with Crippen molar-refractivity contribution in [2.75, 3.05) is 13.1 Å². The van der Waals surface area contributed by atoms with Gasteiger partial charge in [0, 0.05) is 103 Å². The van der Waals surface area contributed by atoms with Crippen molar-refractivity contribution >= 4 is 29.1 Å². The normalized spacial score (nSPS) is 16.0. The number of pyridine rings is 2. The van der Waals surface area contributed by atoms with E-state index in [1.807, 2.05) is 49.4 Å². The van der Waals surface area contributed by atoms with Gasteiger partial charge >= 0.3 is 0 Å². The van der Waals surface area contributed by atoms with E-state index in [-0.39, 0.29) is 42.7 Å². The van der Waals surface area contributed by atoms with Gasteiger partial charge in [0.1, 0.15) is 36.4 Å². The molecule has 2 aliphatic rings. The van der Waals surface area contributed by atoms with Crippen LogP contribution in [0.1, 0.15) is 64.6 Å². The highest BCUT2D eigenvalue weighted by atomic mass is 35.5. The maximum Gasteiger partial charge on any atom is 0.262 e. The van der Waals surface area contributed by atoms with Gasteiger partial charge in [0.25, 0.3) is 5.56 Å². The molecule has 8 rings (SSSR count). The molecule has 5 heterocycles. The Balaban J connectivity index is 0.985. The Morgan fingerprint density at radius 3 is 2.16 bits per heavy atom. The number of aromatic nitrogens is 3. The Hall–Kier alpha value is -6.59. The molecule has 0 unspecified atom stereocenters. The molecule has 0 saturated carbocycles. The van der Waals surface area contributed by atoms with Crippen molar-refractivity contribution in [3.8, 4) is 39.8 Å². The number of nitriles is 1.